The molecule has 0 amide bonds. The van der Waals surface area contributed by atoms with Crippen molar-refractivity contribution in [3.8, 4) is 28.4 Å². The van der Waals surface area contributed by atoms with Crippen molar-refractivity contribution in [1.29, 1.82) is 0 Å². The van der Waals surface area contributed by atoms with E-state index in [1.54, 1.807) is 22.9 Å². The molecule has 2 aromatic carbocycles. The molecular weight excluding hydrogens is 632 g/mol. The molecule has 252 valence electrons. The summed E-state index contributed by atoms with van der Waals surface area (Å²) in [5.74, 6) is -3.35. The molecule has 1 saturated heterocycles. The number of halogens is 4. The number of Topliss-reactive ketones (excluding diaryl/α,β-unsaturated/α-hetero) is 1. The fraction of sp³-hybridized carbons (Fsp3) is 0.429. The third-order valence-corrected chi connectivity index (χ3v) is 9.50. The predicted molar refractivity (Wildman–Crippen MR) is 174 cm³/mol. The Morgan fingerprint density at radius 1 is 1.06 bits per heavy atom. The molecule has 1 aliphatic rings. The van der Waals surface area contributed by atoms with Crippen LogP contribution < -0.4 is 9.47 Å². The molecular formula is C35H40F4N2O5Si. The van der Waals surface area contributed by atoms with Crippen LogP contribution in [-0.2, 0) is 27.4 Å². The van der Waals surface area contributed by atoms with E-state index in [9.17, 15) is 9.18 Å². The van der Waals surface area contributed by atoms with Crippen LogP contribution in [0.25, 0.3) is 22.2 Å². The van der Waals surface area contributed by atoms with Crippen molar-refractivity contribution in [2.45, 2.75) is 77.3 Å². The zero-order valence-electron chi connectivity index (χ0n) is 27.3. The summed E-state index contributed by atoms with van der Waals surface area (Å²) < 4.78 is 85.0. The average Bonchev–Trinajstić information content (AvgIpc) is 3.33. The third kappa shape index (κ3) is 8.41. The summed E-state index contributed by atoms with van der Waals surface area (Å²) in [4.78, 5) is 16.9. The van der Waals surface area contributed by atoms with E-state index in [-0.39, 0.29) is 73.7 Å². The van der Waals surface area contributed by atoms with Crippen LogP contribution in [0.5, 0.6) is 17.2 Å². The number of fused-ring (bicyclic) bond motifs is 1. The van der Waals surface area contributed by atoms with E-state index in [1.807, 2.05) is 13.8 Å². The molecule has 1 fully saturated rings. The van der Waals surface area contributed by atoms with Gasteiger partial charge in [0.05, 0.1) is 30.3 Å². The summed E-state index contributed by atoms with van der Waals surface area (Å²) in [5.41, 5.74) is -0.588. The highest BCUT2D eigenvalue weighted by molar-refractivity contribution is 6.76. The number of ether oxygens (including phenoxy) is 4. The monoisotopic (exact) mass is 672 g/mol. The summed E-state index contributed by atoms with van der Waals surface area (Å²) in [7, 11) is -1.36. The van der Waals surface area contributed by atoms with Crippen LogP contribution >= 0.6 is 0 Å². The average molecular weight is 673 g/mol. The smallest absolute Gasteiger partial charge is 0.198 e. The summed E-state index contributed by atoms with van der Waals surface area (Å²) in [6, 6.07) is 8.92. The molecule has 0 saturated carbocycles. The number of benzene rings is 2. The number of hydrogen-bond acceptors (Lipinski definition) is 6. The van der Waals surface area contributed by atoms with Crippen molar-refractivity contribution in [3.63, 3.8) is 0 Å². The predicted octanol–water partition coefficient (Wildman–Crippen LogP) is 8.64. The maximum absolute atomic E-state index is 15.6. The molecule has 7 nitrogen and oxygen atoms in total. The number of ketones is 1. The van der Waals surface area contributed by atoms with Gasteiger partial charge in [-0.25, -0.2) is 22.5 Å². The number of aromatic nitrogens is 2. The highest BCUT2D eigenvalue weighted by atomic mass is 28.3. The maximum atomic E-state index is 15.6. The van der Waals surface area contributed by atoms with Crippen molar-refractivity contribution in [3.05, 3.63) is 71.8 Å². The molecule has 0 atom stereocenters. The van der Waals surface area contributed by atoms with Gasteiger partial charge in [0, 0.05) is 45.5 Å². The second-order valence-corrected chi connectivity index (χ2v) is 19.1. The lowest BCUT2D eigenvalue weighted by atomic mass is 9.95. The Balaban J connectivity index is 1.49. The van der Waals surface area contributed by atoms with Crippen molar-refractivity contribution >= 4 is 24.9 Å². The normalized spacial score (nSPS) is 14.4. The fourth-order valence-corrected chi connectivity index (χ4v) is 6.04. The van der Waals surface area contributed by atoms with Crippen LogP contribution in [0, 0.1) is 17.5 Å². The second kappa shape index (κ2) is 14.2. The summed E-state index contributed by atoms with van der Waals surface area (Å²) >= 11 is 0. The molecule has 3 heterocycles. The van der Waals surface area contributed by atoms with E-state index in [0.717, 1.165) is 18.2 Å². The van der Waals surface area contributed by atoms with Crippen LogP contribution in [0.2, 0.25) is 25.7 Å². The van der Waals surface area contributed by atoms with E-state index in [4.69, 9.17) is 18.9 Å². The van der Waals surface area contributed by atoms with Gasteiger partial charge in [-0.1, -0.05) is 25.7 Å². The number of pyridine rings is 1. The first-order chi connectivity index (χ1) is 22.2. The Morgan fingerprint density at radius 2 is 1.79 bits per heavy atom. The molecule has 0 radical (unpaired) electrons. The SMILES string of the molecule is CC(C)Oc1cccc(F)c1-c1cn(COCC[Si](C)(C)C)c2nccc(Oc3c(F)cc(CC(=O)CCC4(F)COC4)cc3F)c12. The van der Waals surface area contributed by atoms with Gasteiger partial charge in [0.25, 0.3) is 0 Å². The van der Waals surface area contributed by atoms with Crippen LogP contribution in [-0.4, -0.2) is 55.0 Å². The molecule has 0 aliphatic carbocycles. The van der Waals surface area contributed by atoms with E-state index in [0.29, 0.717) is 23.2 Å². The molecule has 0 spiro atoms. The Labute approximate surface area is 272 Å². The topological polar surface area (TPSA) is 71.8 Å². The van der Waals surface area contributed by atoms with E-state index >= 15 is 13.2 Å². The number of alkyl halides is 1. The largest absolute Gasteiger partial charge is 0.490 e. The summed E-state index contributed by atoms with van der Waals surface area (Å²) in [6.45, 7) is 10.9. The Hall–Kier alpha value is -3.74. The fourth-order valence-electron chi connectivity index (χ4n) is 5.29. The number of hydrogen-bond donors (Lipinski definition) is 0. The van der Waals surface area contributed by atoms with Gasteiger partial charge in [0.1, 0.15) is 35.5 Å². The molecule has 0 unspecified atom stereocenters. The van der Waals surface area contributed by atoms with Crippen molar-refractivity contribution in [1.82, 2.24) is 9.55 Å². The van der Waals surface area contributed by atoms with Gasteiger partial charge in [-0.05, 0) is 62.2 Å². The zero-order chi connectivity index (χ0) is 33.9. The van der Waals surface area contributed by atoms with Gasteiger partial charge < -0.3 is 23.5 Å². The third-order valence-electron chi connectivity index (χ3n) is 7.80. The van der Waals surface area contributed by atoms with Crippen molar-refractivity contribution < 1.29 is 41.3 Å². The molecule has 12 heteroatoms. The second-order valence-electron chi connectivity index (χ2n) is 13.5. The lowest BCUT2D eigenvalue weighted by molar-refractivity contribution is -0.139. The highest BCUT2D eigenvalue weighted by Crippen LogP contribution is 2.43. The molecule has 4 aromatic rings. The van der Waals surface area contributed by atoms with Gasteiger partial charge in [-0.2, -0.15) is 0 Å². The van der Waals surface area contributed by atoms with E-state index < -0.39 is 36.9 Å². The van der Waals surface area contributed by atoms with Gasteiger partial charge in [0.15, 0.2) is 23.1 Å². The Morgan fingerprint density at radius 3 is 2.43 bits per heavy atom. The van der Waals surface area contributed by atoms with Gasteiger partial charge in [0.2, 0.25) is 0 Å². The molecule has 0 N–H and O–H groups in total. The first-order valence-corrected chi connectivity index (χ1v) is 19.4. The van der Waals surface area contributed by atoms with E-state index in [1.165, 1.54) is 18.3 Å². The molecule has 0 bridgehead atoms. The zero-order valence-corrected chi connectivity index (χ0v) is 28.3. The number of carbonyl (C=O) groups is 1. The van der Waals surface area contributed by atoms with Gasteiger partial charge in [-0.15, -0.1) is 0 Å². The number of nitrogens with zero attached hydrogens (tertiary/aromatic N) is 2. The summed E-state index contributed by atoms with van der Waals surface area (Å²) in [5, 5.41) is 0.304. The van der Waals surface area contributed by atoms with Crippen LogP contribution in [0.15, 0.2) is 48.8 Å². The van der Waals surface area contributed by atoms with Crippen LogP contribution in [0.1, 0.15) is 32.3 Å². The summed E-state index contributed by atoms with van der Waals surface area (Å²) in [6.07, 6.45) is 2.50. The van der Waals surface area contributed by atoms with Gasteiger partial charge >= 0.3 is 0 Å². The minimum atomic E-state index is -1.53. The lowest BCUT2D eigenvalue weighted by Crippen LogP contribution is -2.45. The highest BCUT2D eigenvalue weighted by Gasteiger charge is 2.38. The molecule has 47 heavy (non-hydrogen) atoms. The number of rotatable bonds is 15. The van der Waals surface area contributed by atoms with Gasteiger partial charge in [-0.3, -0.25) is 4.79 Å². The Kier molecular flexibility index (Phi) is 10.4. The van der Waals surface area contributed by atoms with Crippen molar-refractivity contribution in [2.75, 3.05) is 19.8 Å². The van der Waals surface area contributed by atoms with Crippen LogP contribution in [0.4, 0.5) is 17.6 Å². The minimum absolute atomic E-state index is 0.00664. The standard InChI is InChI=1S/C35H40F4N2O5Si/c1-22(2)45-29-8-6-7-26(36)31(29)25-18-41(21-43-13-14-47(3,4)5)34-32(25)30(10-12-40-34)46-33-27(37)16-23(17-28(33)38)15-24(42)9-11-35(39)19-44-20-35/h6-8,10,12,16-18,22H,9,11,13-15,19-21H2,1-5H3. The first kappa shape index (κ1) is 34.6. The minimum Gasteiger partial charge on any atom is -0.490 e. The molecule has 2 aromatic heterocycles. The van der Waals surface area contributed by atoms with Crippen molar-refractivity contribution in [2.24, 2.45) is 0 Å². The van der Waals surface area contributed by atoms with Crippen LogP contribution in [0.3, 0.4) is 0 Å². The lowest BCUT2D eigenvalue weighted by Gasteiger charge is -2.33. The molecule has 1 aliphatic heterocycles. The first-order valence-electron chi connectivity index (χ1n) is 15.7. The number of carbonyl (C=O) groups excluding carboxylic acids is 1. The maximum Gasteiger partial charge on any atom is 0.198 e. The molecule has 5 rings (SSSR count). The van der Waals surface area contributed by atoms with E-state index in [2.05, 4.69) is 24.6 Å². The quantitative estimate of drug-likeness (QED) is 0.0716. The Bertz CT molecular complexity index is 1730.